The Hall–Kier alpha value is -3.29. The first-order valence-electron chi connectivity index (χ1n) is 7.63. The Morgan fingerprint density at radius 2 is 1.84 bits per heavy atom. The van der Waals surface area contributed by atoms with Gasteiger partial charge in [0.25, 0.3) is 0 Å². The number of fused-ring (bicyclic) bond motifs is 1. The van der Waals surface area contributed by atoms with Gasteiger partial charge < -0.3 is 0 Å². The number of benzene rings is 1. The van der Waals surface area contributed by atoms with Crippen LogP contribution in [0.1, 0.15) is 5.69 Å². The van der Waals surface area contributed by atoms with E-state index in [4.69, 9.17) is 16.9 Å². The average Bonchev–Trinajstić information content (AvgIpc) is 2.67. The Morgan fingerprint density at radius 3 is 2.68 bits per heavy atom. The highest BCUT2D eigenvalue weighted by molar-refractivity contribution is 6.30. The molecule has 3 heterocycles. The number of halogens is 1. The minimum absolute atomic E-state index is 0.355. The van der Waals surface area contributed by atoms with Crippen molar-refractivity contribution >= 4 is 22.6 Å². The van der Waals surface area contributed by atoms with Crippen LogP contribution in [0.3, 0.4) is 0 Å². The molecule has 0 unspecified atom stereocenters. The highest BCUT2D eigenvalue weighted by Gasteiger charge is 2.10. The first kappa shape index (κ1) is 15.3. The molecule has 1 aromatic carbocycles. The van der Waals surface area contributed by atoms with Crippen molar-refractivity contribution in [3.05, 3.63) is 77.7 Å². The smallest absolute Gasteiger partial charge is 0.160 e. The Morgan fingerprint density at radius 1 is 0.920 bits per heavy atom. The summed E-state index contributed by atoms with van der Waals surface area (Å²) in [5, 5.41) is 10.5. The van der Waals surface area contributed by atoms with Gasteiger partial charge in [0, 0.05) is 39.5 Å². The molecule has 0 saturated heterocycles. The molecule has 0 fully saturated rings. The van der Waals surface area contributed by atoms with Crippen LogP contribution in [0.2, 0.25) is 5.02 Å². The minimum Gasteiger partial charge on any atom is -0.256 e. The summed E-state index contributed by atoms with van der Waals surface area (Å²) in [7, 11) is 0. The highest BCUT2D eigenvalue weighted by Crippen LogP contribution is 2.32. The minimum atomic E-state index is 0.355. The normalized spacial score (nSPS) is 10.6. The number of nitriles is 1. The van der Waals surface area contributed by atoms with Crippen LogP contribution in [0.4, 0.5) is 0 Å². The van der Waals surface area contributed by atoms with Crippen LogP contribution in [0.15, 0.2) is 67.0 Å². The largest absolute Gasteiger partial charge is 0.256 e. The van der Waals surface area contributed by atoms with Crippen LogP contribution >= 0.6 is 11.6 Å². The summed E-state index contributed by atoms with van der Waals surface area (Å²) in [4.78, 5) is 13.1. The van der Waals surface area contributed by atoms with Crippen molar-refractivity contribution in [3.8, 4) is 28.5 Å². The monoisotopic (exact) mass is 342 g/mol. The molecular weight excluding hydrogens is 332 g/mol. The third-order valence-corrected chi connectivity index (χ3v) is 4.11. The summed E-state index contributed by atoms with van der Waals surface area (Å²) >= 11 is 6.13. The van der Waals surface area contributed by atoms with Gasteiger partial charge in [-0.1, -0.05) is 29.8 Å². The molecular formula is C20H11ClN4. The zero-order valence-corrected chi connectivity index (χ0v) is 13.8. The van der Waals surface area contributed by atoms with Crippen LogP contribution in [0, 0.1) is 11.3 Å². The number of nitrogens with zero attached hydrogens (tertiary/aromatic N) is 4. The van der Waals surface area contributed by atoms with Gasteiger partial charge in [0.1, 0.15) is 11.8 Å². The van der Waals surface area contributed by atoms with Crippen molar-refractivity contribution in [1.29, 1.82) is 5.26 Å². The van der Waals surface area contributed by atoms with Gasteiger partial charge >= 0.3 is 0 Å². The van der Waals surface area contributed by atoms with E-state index in [2.05, 4.69) is 15.0 Å². The van der Waals surface area contributed by atoms with Crippen molar-refractivity contribution in [2.24, 2.45) is 0 Å². The highest BCUT2D eigenvalue weighted by atomic mass is 35.5. The third kappa shape index (κ3) is 2.93. The standard InChI is InChI=1S/C20H11ClN4/c21-16-4-1-3-13(10-16)19-18(5-2-8-23-19)15-9-14-6-7-17(11-22)25-20(14)24-12-15/h1-10,12H. The maximum absolute atomic E-state index is 8.96. The van der Waals surface area contributed by atoms with Gasteiger partial charge in [0.15, 0.2) is 5.65 Å². The second-order valence-electron chi connectivity index (χ2n) is 5.49. The van der Waals surface area contributed by atoms with Gasteiger partial charge in [0.05, 0.1) is 5.69 Å². The number of rotatable bonds is 2. The SMILES string of the molecule is N#Cc1ccc2cc(-c3cccnc3-c3cccc(Cl)c3)cnc2n1. The van der Waals surface area contributed by atoms with Crippen molar-refractivity contribution in [2.75, 3.05) is 0 Å². The summed E-state index contributed by atoms with van der Waals surface area (Å²) in [6.45, 7) is 0. The number of aromatic nitrogens is 3. The molecule has 25 heavy (non-hydrogen) atoms. The van der Waals surface area contributed by atoms with Gasteiger partial charge in [0.2, 0.25) is 0 Å². The molecule has 4 nitrogen and oxygen atoms in total. The predicted molar refractivity (Wildman–Crippen MR) is 97.9 cm³/mol. The fourth-order valence-corrected chi connectivity index (χ4v) is 2.91. The summed E-state index contributed by atoms with van der Waals surface area (Å²) in [5.41, 5.74) is 4.59. The average molecular weight is 343 g/mol. The van der Waals surface area contributed by atoms with Crippen LogP contribution < -0.4 is 0 Å². The molecule has 0 aliphatic carbocycles. The summed E-state index contributed by atoms with van der Waals surface area (Å²) in [6.07, 6.45) is 3.51. The van der Waals surface area contributed by atoms with Crippen molar-refractivity contribution < 1.29 is 0 Å². The van der Waals surface area contributed by atoms with Crippen LogP contribution in [-0.2, 0) is 0 Å². The molecule has 0 N–H and O–H groups in total. The van der Waals surface area contributed by atoms with E-state index >= 15 is 0 Å². The van der Waals surface area contributed by atoms with Gasteiger partial charge in [-0.3, -0.25) is 4.98 Å². The van der Waals surface area contributed by atoms with Crippen molar-refractivity contribution in [3.63, 3.8) is 0 Å². The lowest BCUT2D eigenvalue weighted by atomic mass is 10.00. The lowest BCUT2D eigenvalue weighted by Gasteiger charge is -2.09. The van der Waals surface area contributed by atoms with Crippen LogP contribution in [0.5, 0.6) is 0 Å². The second kappa shape index (κ2) is 6.31. The zero-order valence-electron chi connectivity index (χ0n) is 13.0. The molecule has 0 bridgehead atoms. The van der Waals surface area contributed by atoms with E-state index in [-0.39, 0.29) is 0 Å². The molecule has 5 heteroatoms. The van der Waals surface area contributed by atoms with Crippen LogP contribution in [0.25, 0.3) is 33.4 Å². The molecule has 0 saturated carbocycles. The molecule has 0 atom stereocenters. The molecule has 0 spiro atoms. The van der Waals surface area contributed by atoms with E-state index in [0.29, 0.717) is 16.4 Å². The number of hydrogen-bond donors (Lipinski definition) is 0. The Kier molecular flexibility index (Phi) is 3.85. The summed E-state index contributed by atoms with van der Waals surface area (Å²) < 4.78 is 0. The van der Waals surface area contributed by atoms with E-state index in [0.717, 1.165) is 27.8 Å². The lowest BCUT2D eigenvalue weighted by molar-refractivity contribution is 1.25. The van der Waals surface area contributed by atoms with E-state index in [1.54, 1.807) is 18.5 Å². The first-order chi connectivity index (χ1) is 12.2. The van der Waals surface area contributed by atoms with Crippen molar-refractivity contribution in [2.45, 2.75) is 0 Å². The third-order valence-electron chi connectivity index (χ3n) is 3.87. The summed E-state index contributed by atoms with van der Waals surface area (Å²) in [5.74, 6) is 0. The maximum atomic E-state index is 8.96. The quantitative estimate of drug-likeness (QED) is 0.520. The molecule has 4 aromatic rings. The second-order valence-corrected chi connectivity index (χ2v) is 5.93. The van der Waals surface area contributed by atoms with Crippen molar-refractivity contribution in [1.82, 2.24) is 15.0 Å². The predicted octanol–water partition coefficient (Wildman–Crippen LogP) is 4.88. The first-order valence-corrected chi connectivity index (χ1v) is 8.00. The zero-order chi connectivity index (χ0) is 17.2. The van der Waals surface area contributed by atoms with Gasteiger partial charge in [-0.05, 0) is 36.4 Å². The number of hydrogen-bond acceptors (Lipinski definition) is 4. The molecule has 3 aromatic heterocycles. The van der Waals surface area contributed by atoms with E-state index in [1.807, 2.05) is 54.6 Å². The molecule has 4 rings (SSSR count). The molecule has 0 aliphatic rings. The fraction of sp³-hybridized carbons (Fsp3) is 0. The molecule has 118 valence electrons. The maximum Gasteiger partial charge on any atom is 0.160 e. The summed E-state index contributed by atoms with van der Waals surface area (Å²) in [6, 6.07) is 19.1. The molecule has 0 radical (unpaired) electrons. The number of pyridine rings is 3. The van der Waals surface area contributed by atoms with E-state index < -0.39 is 0 Å². The Labute approximate surface area is 149 Å². The lowest BCUT2D eigenvalue weighted by Crippen LogP contribution is -1.92. The van der Waals surface area contributed by atoms with Gasteiger partial charge in [-0.25, -0.2) is 9.97 Å². The van der Waals surface area contributed by atoms with E-state index in [9.17, 15) is 0 Å². The molecule has 0 aliphatic heterocycles. The van der Waals surface area contributed by atoms with E-state index in [1.165, 1.54) is 0 Å². The van der Waals surface area contributed by atoms with Gasteiger partial charge in [-0.2, -0.15) is 5.26 Å². The Balaban J connectivity index is 1.88. The topological polar surface area (TPSA) is 62.5 Å². The Bertz CT molecular complexity index is 1130. The fourth-order valence-electron chi connectivity index (χ4n) is 2.72. The van der Waals surface area contributed by atoms with Gasteiger partial charge in [-0.15, -0.1) is 0 Å². The molecule has 0 amide bonds. The van der Waals surface area contributed by atoms with Crippen LogP contribution in [-0.4, -0.2) is 15.0 Å².